The topological polar surface area (TPSA) is 74.0 Å². The summed E-state index contributed by atoms with van der Waals surface area (Å²) in [7, 11) is 0. The molecular formula is C32H29GeIrN2O2-. The van der Waals surface area contributed by atoms with Crippen LogP contribution >= 0.6 is 0 Å². The maximum Gasteiger partial charge on any atom is 0 e. The monoisotopic (exact) mass is 740 g/mol. The Morgan fingerprint density at radius 3 is 2.21 bits per heavy atom. The minimum Gasteiger partial charge on any atom is 0 e. The van der Waals surface area contributed by atoms with Crippen LogP contribution in [-0.2, 0) is 24.9 Å². The first kappa shape index (κ1) is 29.3. The molecule has 1 radical (unpaired) electrons. The molecule has 6 heteroatoms. The number of carbonyl (C=O) groups excluding carboxylic acids is 1. The second kappa shape index (κ2) is 12.0. The van der Waals surface area contributed by atoms with Gasteiger partial charge in [-0.15, -0.1) is 0 Å². The van der Waals surface area contributed by atoms with Crippen LogP contribution in [0.4, 0.5) is 0 Å². The van der Waals surface area contributed by atoms with E-state index in [1.165, 1.54) is 40.5 Å². The molecule has 0 saturated heterocycles. The number of carbonyl (C=O) groups is 1. The summed E-state index contributed by atoms with van der Waals surface area (Å²) in [6.07, 6.45) is 3.04. The molecule has 193 valence electrons. The average molecular weight is 738 g/mol. The molecule has 0 atom stereocenters. The van der Waals surface area contributed by atoms with E-state index in [0.29, 0.717) is 5.56 Å². The Hall–Kier alpha value is -3.30. The van der Waals surface area contributed by atoms with Gasteiger partial charge in [-0.3, -0.25) is 4.79 Å². The fourth-order valence-electron chi connectivity index (χ4n) is 4.64. The Labute approximate surface area is 239 Å². The first-order chi connectivity index (χ1) is 17.6. The van der Waals surface area contributed by atoms with E-state index in [4.69, 9.17) is 10.1 Å². The van der Waals surface area contributed by atoms with Gasteiger partial charge in [0.15, 0.2) is 5.78 Å². The standard InChI is InChI=1S/C27H21GeN2.C5H8O2.Ir/c1-28(2,3)26-10-6-9-22-23-13-14-30-27(25(23)12-11-24(22)26)19-15-18-7-4-5-8-21(18)20(16-19)17-29;1-4(6)3-5(2)7;/h4-14,16H,1-3H3;3,6H,1-2H3;/q-1;;/b;4-3-;. The Morgan fingerprint density at radius 2 is 1.58 bits per heavy atom. The normalized spacial score (nSPS) is 11.4. The first-order valence-corrected chi connectivity index (χ1v) is 19.5. The van der Waals surface area contributed by atoms with E-state index in [2.05, 4.69) is 65.8 Å². The predicted octanol–water partition coefficient (Wildman–Crippen LogP) is 7.46. The van der Waals surface area contributed by atoms with Crippen LogP contribution in [0.3, 0.4) is 0 Å². The van der Waals surface area contributed by atoms with Crippen molar-refractivity contribution in [2.45, 2.75) is 31.1 Å². The molecule has 0 aliphatic rings. The molecule has 0 aliphatic carbocycles. The van der Waals surface area contributed by atoms with E-state index in [9.17, 15) is 10.1 Å². The van der Waals surface area contributed by atoms with Crippen LogP contribution in [0.1, 0.15) is 19.4 Å². The average Bonchev–Trinajstić information content (AvgIpc) is 2.86. The molecule has 5 aromatic rings. The number of allylic oxidation sites excluding steroid dienone is 2. The van der Waals surface area contributed by atoms with Crippen molar-refractivity contribution >= 4 is 55.8 Å². The fourth-order valence-corrected chi connectivity index (χ4v) is 8.04. The number of rotatable bonds is 3. The Kier molecular flexibility index (Phi) is 9.27. The number of aliphatic hydroxyl groups excluding tert-OH is 1. The van der Waals surface area contributed by atoms with Crippen LogP contribution in [0.5, 0.6) is 0 Å². The minimum absolute atomic E-state index is 0. The largest absolute Gasteiger partial charge is 0 e. The molecule has 5 rings (SSSR count). The van der Waals surface area contributed by atoms with Gasteiger partial charge in [-0.05, 0) is 13.8 Å². The van der Waals surface area contributed by atoms with E-state index in [1.54, 1.807) is 0 Å². The van der Waals surface area contributed by atoms with Gasteiger partial charge < -0.3 is 5.11 Å². The fraction of sp³-hybridized carbons (Fsp3) is 0.156. The molecule has 0 fully saturated rings. The molecule has 0 saturated carbocycles. The first-order valence-electron chi connectivity index (χ1n) is 12.1. The number of benzene rings is 4. The molecule has 0 spiro atoms. The van der Waals surface area contributed by atoms with Gasteiger partial charge in [-0.1, -0.05) is 0 Å². The Morgan fingerprint density at radius 1 is 0.921 bits per heavy atom. The SMILES string of the molecule is CC(=O)/C=C(/C)O.[CH3][Ge]([CH3])([CH3])[c]1cccc2c1ccc1c(-c3[c-]c4ccccc4c(C#N)c3)nccc12.[Ir]. The summed E-state index contributed by atoms with van der Waals surface area (Å²) in [5.41, 5.74) is 2.39. The third kappa shape index (κ3) is 6.22. The maximum atomic E-state index is 10.0. The molecular weight excluding hydrogens is 709 g/mol. The van der Waals surface area contributed by atoms with Crippen LogP contribution in [0.15, 0.2) is 84.8 Å². The summed E-state index contributed by atoms with van der Waals surface area (Å²) in [4.78, 5) is 14.7. The van der Waals surface area contributed by atoms with E-state index in [0.717, 1.165) is 27.4 Å². The number of nitriles is 1. The molecule has 0 aliphatic heterocycles. The summed E-state index contributed by atoms with van der Waals surface area (Å²) in [6.45, 7) is 2.85. The van der Waals surface area contributed by atoms with Crippen LogP contribution in [0.2, 0.25) is 17.3 Å². The minimum atomic E-state index is -2.00. The van der Waals surface area contributed by atoms with E-state index in [1.807, 2.05) is 36.5 Å². The van der Waals surface area contributed by atoms with Crippen molar-refractivity contribution in [1.82, 2.24) is 4.98 Å². The van der Waals surface area contributed by atoms with Crippen molar-refractivity contribution in [3.63, 3.8) is 0 Å². The molecule has 4 aromatic carbocycles. The van der Waals surface area contributed by atoms with Gasteiger partial charge in [0.2, 0.25) is 0 Å². The molecule has 0 bridgehead atoms. The zero-order valence-electron chi connectivity index (χ0n) is 22.1. The number of fused-ring (bicyclic) bond motifs is 4. The zero-order valence-corrected chi connectivity index (χ0v) is 26.6. The van der Waals surface area contributed by atoms with E-state index in [-0.39, 0.29) is 31.6 Å². The van der Waals surface area contributed by atoms with Gasteiger partial charge in [0, 0.05) is 26.2 Å². The van der Waals surface area contributed by atoms with Crippen molar-refractivity contribution in [3.05, 3.63) is 96.4 Å². The van der Waals surface area contributed by atoms with Crippen molar-refractivity contribution in [3.8, 4) is 17.3 Å². The zero-order chi connectivity index (χ0) is 26.7. The molecule has 4 nitrogen and oxygen atoms in total. The van der Waals surface area contributed by atoms with Gasteiger partial charge in [-0.2, -0.15) is 0 Å². The second-order valence-corrected chi connectivity index (χ2v) is 20.7. The van der Waals surface area contributed by atoms with Gasteiger partial charge in [0.05, 0.1) is 5.76 Å². The number of pyridine rings is 1. The van der Waals surface area contributed by atoms with Crippen LogP contribution < -0.4 is 4.40 Å². The maximum absolute atomic E-state index is 10.0. The third-order valence-electron chi connectivity index (χ3n) is 6.17. The third-order valence-corrected chi connectivity index (χ3v) is 10.5. The second-order valence-electron chi connectivity index (χ2n) is 10.1. The molecule has 1 aromatic heterocycles. The van der Waals surface area contributed by atoms with Gasteiger partial charge in [0.25, 0.3) is 0 Å². The van der Waals surface area contributed by atoms with Crippen molar-refractivity contribution in [2.24, 2.45) is 0 Å². The van der Waals surface area contributed by atoms with Crippen molar-refractivity contribution in [1.29, 1.82) is 5.26 Å². The quantitative estimate of drug-likeness (QED) is 0.0687. The summed E-state index contributed by atoms with van der Waals surface area (Å²) in [5, 5.41) is 24.8. The number of hydrogen-bond donors (Lipinski definition) is 1. The predicted molar refractivity (Wildman–Crippen MR) is 156 cm³/mol. The number of nitrogens with zero attached hydrogens (tertiary/aromatic N) is 2. The van der Waals surface area contributed by atoms with Gasteiger partial charge in [-0.25, -0.2) is 0 Å². The smallest absolute Gasteiger partial charge is 0 e. The molecule has 38 heavy (non-hydrogen) atoms. The summed E-state index contributed by atoms with van der Waals surface area (Å²) >= 11 is -2.00. The Bertz CT molecular complexity index is 1730. The number of ketones is 1. The number of aliphatic hydroxyl groups is 1. The van der Waals surface area contributed by atoms with E-state index >= 15 is 0 Å². The van der Waals surface area contributed by atoms with Gasteiger partial charge >= 0.3 is 179 Å². The summed E-state index contributed by atoms with van der Waals surface area (Å²) < 4.78 is 1.52. The van der Waals surface area contributed by atoms with Gasteiger partial charge in [0.1, 0.15) is 0 Å². The summed E-state index contributed by atoms with van der Waals surface area (Å²) in [5.74, 6) is 7.24. The van der Waals surface area contributed by atoms with Crippen LogP contribution in [0, 0.1) is 17.4 Å². The number of hydrogen-bond acceptors (Lipinski definition) is 4. The van der Waals surface area contributed by atoms with E-state index < -0.39 is 13.3 Å². The van der Waals surface area contributed by atoms with Crippen LogP contribution in [0.25, 0.3) is 43.6 Å². The molecule has 1 heterocycles. The number of aromatic nitrogens is 1. The van der Waals surface area contributed by atoms with Crippen molar-refractivity contribution in [2.75, 3.05) is 0 Å². The van der Waals surface area contributed by atoms with Crippen LogP contribution in [-0.4, -0.2) is 29.1 Å². The molecule has 0 amide bonds. The molecule has 1 N–H and O–H groups in total. The molecule has 0 unspecified atom stereocenters. The van der Waals surface area contributed by atoms with Crippen molar-refractivity contribution < 1.29 is 30.0 Å². The Balaban J connectivity index is 0.000000444. The summed E-state index contributed by atoms with van der Waals surface area (Å²) in [6, 6.07) is 28.9.